The predicted octanol–water partition coefficient (Wildman–Crippen LogP) is 2.59. The number of aliphatic hydroxyl groups is 1. The molecule has 0 bridgehead atoms. The molecule has 1 aliphatic rings. The van der Waals surface area contributed by atoms with Crippen LogP contribution in [0.4, 0.5) is 5.95 Å². The molecule has 122 valence electrons. The van der Waals surface area contributed by atoms with Crippen molar-refractivity contribution in [2.75, 3.05) is 5.32 Å². The lowest BCUT2D eigenvalue weighted by atomic mass is 9.89. The van der Waals surface area contributed by atoms with Crippen molar-refractivity contribution in [1.82, 2.24) is 9.97 Å². The summed E-state index contributed by atoms with van der Waals surface area (Å²) in [7, 11) is 0. The van der Waals surface area contributed by atoms with E-state index in [1.807, 2.05) is 12.4 Å². The van der Waals surface area contributed by atoms with E-state index in [2.05, 4.69) is 46.5 Å². The fourth-order valence-corrected chi connectivity index (χ4v) is 3.47. The van der Waals surface area contributed by atoms with E-state index >= 15 is 0 Å². The van der Waals surface area contributed by atoms with E-state index < -0.39 is 0 Å². The summed E-state index contributed by atoms with van der Waals surface area (Å²) in [6.07, 6.45) is 5.60. The third kappa shape index (κ3) is 4.43. The first-order valence-electron chi connectivity index (χ1n) is 7.87. The Morgan fingerprint density at radius 2 is 1.83 bits per heavy atom. The molecule has 0 spiro atoms. The van der Waals surface area contributed by atoms with Crippen molar-refractivity contribution in [3.8, 4) is 0 Å². The molecule has 6 heteroatoms. The summed E-state index contributed by atoms with van der Waals surface area (Å²) in [6.45, 7) is 2.08. The Hall–Kier alpha value is -1.63. The number of nitrogens with one attached hydrogen (secondary N) is 1. The molecule has 1 heterocycles. The molecule has 3 unspecified atom stereocenters. The number of rotatable bonds is 4. The molecule has 4 N–H and O–H groups in total. The number of aromatic nitrogens is 2. The van der Waals surface area contributed by atoms with Gasteiger partial charge in [-0.15, -0.1) is 0 Å². The third-order valence-corrected chi connectivity index (χ3v) is 5.03. The molecule has 23 heavy (non-hydrogen) atoms. The molecule has 0 saturated heterocycles. The molecule has 3 rings (SSSR count). The fourth-order valence-electron chi connectivity index (χ4n) is 2.71. The second-order valence-electron chi connectivity index (χ2n) is 6.04. The highest BCUT2D eigenvalue weighted by atomic mass is 32.2. The lowest BCUT2D eigenvalue weighted by Gasteiger charge is -2.32. The molecular formula is C17H22N4OS. The van der Waals surface area contributed by atoms with E-state index in [1.54, 1.807) is 11.8 Å². The maximum Gasteiger partial charge on any atom is 0.222 e. The molecule has 1 aromatic heterocycles. The van der Waals surface area contributed by atoms with Crippen molar-refractivity contribution in [2.45, 2.75) is 54.2 Å². The van der Waals surface area contributed by atoms with E-state index in [9.17, 15) is 5.11 Å². The lowest BCUT2D eigenvalue weighted by molar-refractivity contribution is 0.115. The van der Waals surface area contributed by atoms with Gasteiger partial charge in [0.25, 0.3) is 0 Å². The van der Waals surface area contributed by atoms with Crippen LogP contribution in [-0.2, 0) is 0 Å². The molecule has 1 aliphatic carbocycles. The average Bonchev–Trinajstić information content (AvgIpc) is 2.54. The summed E-state index contributed by atoms with van der Waals surface area (Å²) in [5, 5.41) is 12.9. The summed E-state index contributed by atoms with van der Waals surface area (Å²) in [5.41, 5.74) is 7.33. The molecule has 1 fully saturated rings. The normalized spacial score (nSPS) is 24.4. The first-order valence-corrected chi connectivity index (χ1v) is 8.68. The zero-order valence-electron chi connectivity index (χ0n) is 13.1. The van der Waals surface area contributed by atoms with Gasteiger partial charge in [0.05, 0.1) is 6.10 Å². The van der Waals surface area contributed by atoms with E-state index in [0.29, 0.717) is 12.4 Å². The van der Waals surface area contributed by atoms with E-state index in [0.717, 1.165) is 17.7 Å². The van der Waals surface area contributed by atoms with Crippen molar-refractivity contribution in [2.24, 2.45) is 5.73 Å². The highest BCUT2D eigenvalue weighted by Crippen LogP contribution is 2.27. The molecule has 2 aromatic rings. The Labute approximate surface area is 140 Å². The van der Waals surface area contributed by atoms with Gasteiger partial charge in [0.15, 0.2) is 0 Å². The summed E-state index contributed by atoms with van der Waals surface area (Å²) in [5.74, 6) is 0.593. The smallest absolute Gasteiger partial charge is 0.222 e. The van der Waals surface area contributed by atoms with Crippen molar-refractivity contribution in [1.29, 1.82) is 0 Å². The van der Waals surface area contributed by atoms with Crippen LogP contribution in [0.25, 0.3) is 0 Å². The molecule has 0 radical (unpaired) electrons. The Balaban J connectivity index is 1.59. The number of benzene rings is 1. The minimum Gasteiger partial charge on any atom is -0.393 e. The topological polar surface area (TPSA) is 84.1 Å². The number of anilines is 1. The largest absolute Gasteiger partial charge is 0.393 e. The highest BCUT2D eigenvalue weighted by Gasteiger charge is 2.27. The van der Waals surface area contributed by atoms with E-state index in [4.69, 9.17) is 5.73 Å². The molecular weight excluding hydrogens is 308 g/mol. The number of hydrogen-bond donors (Lipinski definition) is 3. The SMILES string of the molecule is Cc1ccc(Sc2cnc(NC3CCC(O)CC3N)nc2)cc1. The van der Waals surface area contributed by atoms with Crippen molar-refractivity contribution in [3.63, 3.8) is 0 Å². The first kappa shape index (κ1) is 16.2. The zero-order valence-corrected chi connectivity index (χ0v) is 14.0. The van der Waals surface area contributed by atoms with Gasteiger partial charge >= 0.3 is 0 Å². The summed E-state index contributed by atoms with van der Waals surface area (Å²) >= 11 is 1.64. The van der Waals surface area contributed by atoms with Crippen molar-refractivity contribution >= 4 is 17.7 Å². The van der Waals surface area contributed by atoms with Crippen LogP contribution in [0, 0.1) is 6.92 Å². The van der Waals surface area contributed by atoms with Crippen molar-refractivity contribution < 1.29 is 5.11 Å². The van der Waals surface area contributed by atoms with E-state index in [-0.39, 0.29) is 18.2 Å². The van der Waals surface area contributed by atoms with Crippen LogP contribution in [0.2, 0.25) is 0 Å². The monoisotopic (exact) mass is 330 g/mol. The summed E-state index contributed by atoms with van der Waals surface area (Å²) < 4.78 is 0. The molecule has 3 atom stereocenters. The van der Waals surface area contributed by atoms with Crippen LogP contribution in [0.5, 0.6) is 0 Å². The van der Waals surface area contributed by atoms with Gasteiger partial charge in [-0.1, -0.05) is 29.5 Å². The molecule has 1 aromatic carbocycles. The van der Waals surface area contributed by atoms with Crippen LogP contribution < -0.4 is 11.1 Å². The van der Waals surface area contributed by atoms with Gasteiger partial charge in [0.1, 0.15) is 0 Å². The average molecular weight is 330 g/mol. The zero-order chi connectivity index (χ0) is 16.2. The maximum atomic E-state index is 9.62. The predicted molar refractivity (Wildman–Crippen MR) is 92.6 cm³/mol. The van der Waals surface area contributed by atoms with Gasteiger partial charge in [0.2, 0.25) is 5.95 Å². The molecule has 5 nitrogen and oxygen atoms in total. The van der Waals surface area contributed by atoms with E-state index in [1.165, 1.54) is 10.5 Å². The van der Waals surface area contributed by atoms with Crippen LogP contribution in [-0.4, -0.2) is 33.3 Å². The Kier molecular flexibility index (Phi) is 5.15. The molecule has 0 aliphatic heterocycles. The molecule has 1 saturated carbocycles. The Morgan fingerprint density at radius 1 is 1.13 bits per heavy atom. The van der Waals surface area contributed by atoms with Gasteiger partial charge in [-0.2, -0.15) is 0 Å². The van der Waals surface area contributed by atoms with Crippen molar-refractivity contribution in [3.05, 3.63) is 42.2 Å². The molecule has 0 amide bonds. The van der Waals surface area contributed by atoms with Gasteiger partial charge in [-0.3, -0.25) is 0 Å². The van der Waals surface area contributed by atoms with Gasteiger partial charge in [-0.05, 0) is 38.3 Å². The quantitative estimate of drug-likeness (QED) is 0.799. The highest BCUT2D eigenvalue weighted by molar-refractivity contribution is 7.99. The minimum absolute atomic E-state index is 0.0658. The second kappa shape index (κ2) is 7.29. The Bertz CT molecular complexity index is 632. The van der Waals surface area contributed by atoms with Gasteiger partial charge in [0, 0.05) is 34.3 Å². The number of nitrogens with two attached hydrogens (primary N) is 1. The van der Waals surface area contributed by atoms with Gasteiger partial charge in [-0.25, -0.2) is 9.97 Å². The first-order chi connectivity index (χ1) is 11.1. The van der Waals surface area contributed by atoms with Gasteiger partial charge < -0.3 is 16.2 Å². The maximum absolute atomic E-state index is 9.62. The number of nitrogens with zero attached hydrogens (tertiary/aromatic N) is 2. The Morgan fingerprint density at radius 3 is 2.48 bits per heavy atom. The number of aryl methyl sites for hydroxylation is 1. The van der Waals surface area contributed by atoms with Crippen LogP contribution >= 0.6 is 11.8 Å². The third-order valence-electron chi connectivity index (χ3n) is 4.07. The summed E-state index contributed by atoms with van der Waals surface area (Å²) in [4.78, 5) is 10.9. The second-order valence-corrected chi connectivity index (χ2v) is 7.19. The standard InChI is InChI=1S/C17H22N4OS/c1-11-2-5-13(6-3-11)23-14-9-19-17(20-10-14)21-16-7-4-12(22)8-15(16)18/h2-3,5-6,9-10,12,15-16,22H,4,7-8,18H2,1H3,(H,19,20,21). The fraction of sp³-hybridized carbons (Fsp3) is 0.412. The van der Waals surface area contributed by atoms with Crippen LogP contribution in [0.1, 0.15) is 24.8 Å². The summed E-state index contributed by atoms with van der Waals surface area (Å²) in [6, 6.07) is 8.44. The minimum atomic E-state index is -0.280. The van der Waals surface area contributed by atoms with Crippen LogP contribution in [0.15, 0.2) is 46.5 Å². The number of aliphatic hydroxyl groups excluding tert-OH is 1. The number of hydrogen-bond acceptors (Lipinski definition) is 6. The van der Waals surface area contributed by atoms with Crippen LogP contribution in [0.3, 0.4) is 0 Å². The lowest BCUT2D eigenvalue weighted by Crippen LogP contribution is -2.46.